The Morgan fingerprint density at radius 2 is 1.68 bits per heavy atom. The molecule has 1 saturated carbocycles. The molecule has 2 aliphatic rings. The second-order valence-electron chi connectivity index (χ2n) is 6.70. The molecule has 0 spiro atoms. The first-order chi connectivity index (χ1) is 10.6. The van der Waals surface area contributed by atoms with Gasteiger partial charge in [-0.05, 0) is 60.6 Å². The van der Waals surface area contributed by atoms with E-state index in [0.717, 1.165) is 29.7 Å². The first-order valence-corrected chi connectivity index (χ1v) is 7.90. The van der Waals surface area contributed by atoms with Crippen LogP contribution in [0.5, 0.6) is 17.2 Å². The minimum absolute atomic E-state index is 0.0209. The van der Waals surface area contributed by atoms with Crippen molar-refractivity contribution in [3.05, 3.63) is 53.6 Å². The van der Waals surface area contributed by atoms with Gasteiger partial charge in [-0.3, -0.25) is 0 Å². The molecule has 2 N–H and O–H groups in total. The van der Waals surface area contributed by atoms with Crippen LogP contribution < -0.4 is 4.74 Å². The lowest BCUT2D eigenvalue weighted by Gasteiger charge is -2.36. The summed E-state index contributed by atoms with van der Waals surface area (Å²) in [6.45, 7) is 2.29. The van der Waals surface area contributed by atoms with Crippen molar-refractivity contribution in [1.29, 1.82) is 0 Å². The molecule has 2 aromatic rings. The molecule has 1 aliphatic heterocycles. The van der Waals surface area contributed by atoms with Crippen molar-refractivity contribution in [3.8, 4) is 17.2 Å². The lowest BCUT2D eigenvalue weighted by Crippen LogP contribution is -2.26. The Kier molecular flexibility index (Phi) is 3.03. The Bertz CT molecular complexity index is 692. The molecular weight excluding hydrogens is 276 g/mol. The SMILES string of the molecule is C[C@@H]1C[C@H]2[C@@H](C1)c1cc(O)ccc1O[C@H]2c1ccc(O)cc1. The van der Waals surface area contributed by atoms with Crippen LogP contribution in [0.3, 0.4) is 0 Å². The average molecular weight is 296 g/mol. The molecule has 0 amide bonds. The number of hydrogen-bond donors (Lipinski definition) is 2. The van der Waals surface area contributed by atoms with E-state index in [9.17, 15) is 10.2 Å². The Balaban J connectivity index is 1.78. The Labute approximate surface area is 130 Å². The van der Waals surface area contributed by atoms with Crippen molar-refractivity contribution in [3.63, 3.8) is 0 Å². The van der Waals surface area contributed by atoms with Crippen molar-refractivity contribution >= 4 is 0 Å². The summed E-state index contributed by atoms with van der Waals surface area (Å²) in [5, 5.41) is 19.3. The van der Waals surface area contributed by atoms with E-state index >= 15 is 0 Å². The molecule has 0 aromatic heterocycles. The molecule has 1 heterocycles. The van der Waals surface area contributed by atoms with Gasteiger partial charge in [-0.2, -0.15) is 0 Å². The third-order valence-electron chi connectivity index (χ3n) is 5.10. The van der Waals surface area contributed by atoms with E-state index in [1.54, 1.807) is 18.2 Å². The van der Waals surface area contributed by atoms with Crippen LogP contribution in [0.2, 0.25) is 0 Å². The number of aromatic hydroxyl groups is 2. The van der Waals surface area contributed by atoms with Crippen LogP contribution >= 0.6 is 0 Å². The van der Waals surface area contributed by atoms with Gasteiger partial charge in [0.2, 0.25) is 0 Å². The molecule has 3 heteroatoms. The van der Waals surface area contributed by atoms with Gasteiger partial charge in [0.1, 0.15) is 23.4 Å². The summed E-state index contributed by atoms with van der Waals surface area (Å²) >= 11 is 0. The van der Waals surface area contributed by atoms with Gasteiger partial charge in [0.25, 0.3) is 0 Å². The molecule has 4 rings (SSSR count). The number of phenolic OH excluding ortho intramolecular Hbond substituents is 2. The first-order valence-electron chi connectivity index (χ1n) is 7.90. The van der Waals surface area contributed by atoms with Gasteiger partial charge in [-0.1, -0.05) is 19.1 Å². The smallest absolute Gasteiger partial charge is 0.127 e. The third kappa shape index (κ3) is 2.12. The van der Waals surface area contributed by atoms with Crippen LogP contribution in [0.4, 0.5) is 0 Å². The molecule has 0 saturated heterocycles. The molecule has 3 nitrogen and oxygen atoms in total. The number of fused-ring (bicyclic) bond motifs is 3. The van der Waals surface area contributed by atoms with Gasteiger partial charge < -0.3 is 14.9 Å². The largest absolute Gasteiger partial charge is 0.508 e. The normalized spacial score (nSPS) is 29.5. The molecule has 0 unspecified atom stereocenters. The standard InChI is InChI=1S/C19H20O3/c1-11-8-15-16-10-14(21)6-7-18(16)22-19(17(15)9-11)12-2-4-13(20)5-3-12/h2-7,10-11,15,17,19-21H,8-9H2,1H3/t11-,15-,17-,19-/m0/s1. The molecular formula is C19H20O3. The highest BCUT2D eigenvalue weighted by Gasteiger charge is 2.44. The van der Waals surface area contributed by atoms with E-state index < -0.39 is 0 Å². The van der Waals surface area contributed by atoms with Gasteiger partial charge in [-0.25, -0.2) is 0 Å². The minimum atomic E-state index is 0.0209. The summed E-state index contributed by atoms with van der Waals surface area (Å²) in [4.78, 5) is 0. The second-order valence-corrected chi connectivity index (χ2v) is 6.70. The van der Waals surface area contributed by atoms with Gasteiger partial charge in [0.15, 0.2) is 0 Å². The van der Waals surface area contributed by atoms with Crippen LogP contribution in [0.25, 0.3) is 0 Å². The van der Waals surface area contributed by atoms with E-state index in [1.165, 1.54) is 0 Å². The highest BCUT2D eigenvalue weighted by atomic mass is 16.5. The summed E-state index contributed by atoms with van der Waals surface area (Å²) in [5.41, 5.74) is 2.25. The van der Waals surface area contributed by atoms with Crippen molar-refractivity contribution in [1.82, 2.24) is 0 Å². The van der Waals surface area contributed by atoms with Gasteiger partial charge in [-0.15, -0.1) is 0 Å². The Morgan fingerprint density at radius 3 is 2.45 bits per heavy atom. The zero-order chi connectivity index (χ0) is 15.3. The van der Waals surface area contributed by atoms with Crippen LogP contribution in [-0.2, 0) is 0 Å². The number of hydrogen-bond acceptors (Lipinski definition) is 3. The van der Waals surface area contributed by atoms with E-state index in [2.05, 4.69) is 6.92 Å². The molecule has 1 aliphatic carbocycles. The second kappa shape index (κ2) is 4.94. The summed E-state index contributed by atoms with van der Waals surface area (Å²) in [7, 11) is 0. The van der Waals surface area contributed by atoms with Crippen molar-refractivity contribution < 1.29 is 14.9 Å². The summed E-state index contributed by atoms with van der Waals surface area (Å²) in [6.07, 6.45) is 2.29. The monoisotopic (exact) mass is 296 g/mol. The molecule has 22 heavy (non-hydrogen) atoms. The molecule has 0 radical (unpaired) electrons. The fourth-order valence-electron chi connectivity index (χ4n) is 4.16. The molecule has 1 fully saturated rings. The number of phenols is 2. The van der Waals surface area contributed by atoms with E-state index in [4.69, 9.17) is 4.74 Å². The summed E-state index contributed by atoms with van der Waals surface area (Å²) in [6, 6.07) is 12.8. The predicted molar refractivity (Wildman–Crippen MR) is 84.2 cm³/mol. The molecule has 2 aromatic carbocycles. The van der Waals surface area contributed by atoms with Crippen molar-refractivity contribution in [2.75, 3.05) is 0 Å². The summed E-state index contributed by atoms with van der Waals surface area (Å²) in [5.74, 6) is 2.99. The Morgan fingerprint density at radius 1 is 0.955 bits per heavy atom. The summed E-state index contributed by atoms with van der Waals surface area (Å²) < 4.78 is 6.28. The average Bonchev–Trinajstić information content (AvgIpc) is 2.89. The van der Waals surface area contributed by atoms with Gasteiger partial charge in [0.05, 0.1) is 0 Å². The Hall–Kier alpha value is -2.16. The molecule has 4 atom stereocenters. The van der Waals surface area contributed by atoms with E-state index in [1.807, 2.05) is 24.3 Å². The van der Waals surface area contributed by atoms with Crippen LogP contribution in [0.15, 0.2) is 42.5 Å². The maximum absolute atomic E-state index is 9.80. The number of ether oxygens (including phenoxy) is 1. The van der Waals surface area contributed by atoms with Crippen molar-refractivity contribution in [2.24, 2.45) is 11.8 Å². The number of rotatable bonds is 1. The maximum atomic E-state index is 9.80. The molecule has 114 valence electrons. The van der Waals surface area contributed by atoms with Gasteiger partial charge in [0, 0.05) is 11.5 Å². The predicted octanol–water partition coefficient (Wildman–Crippen LogP) is 4.36. The fraction of sp³-hybridized carbons (Fsp3) is 0.368. The maximum Gasteiger partial charge on any atom is 0.127 e. The lowest BCUT2D eigenvalue weighted by atomic mass is 9.80. The number of benzene rings is 2. The molecule has 0 bridgehead atoms. The van der Waals surface area contributed by atoms with E-state index in [-0.39, 0.29) is 11.9 Å². The highest BCUT2D eigenvalue weighted by molar-refractivity contribution is 5.45. The third-order valence-corrected chi connectivity index (χ3v) is 5.10. The topological polar surface area (TPSA) is 49.7 Å². The van der Waals surface area contributed by atoms with Crippen molar-refractivity contribution in [2.45, 2.75) is 31.8 Å². The quantitative estimate of drug-likeness (QED) is 0.822. The van der Waals surface area contributed by atoms with Gasteiger partial charge >= 0.3 is 0 Å². The lowest BCUT2D eigenvalue weighted by molar-refractivity contribution is 0.103. The van der Waals surface area contributed by atoms with E-state index in [0.29, 0.717) is 23.5 Å². The zero-order valence-corrected chi connectivity index (χ0v) is 12.6. The van der Waals surface area contributed by atoms with Crippen LogP contribution in [0.1, 0.15) is 42.9 Å². The van der Waals surface area contributed by atoms with Crippen LogP contribution in [0, 0.1) is 11.8 Å². The fourth-order valence-corrected chi connectivity index (χ4v) is 4.16. The zero-order valence-electron chi connectivity index (χ0n) is 12.6. The first kappa shape index (κ1) is 13.5. The highest BCUT2D eigenvalue weighted by Crippen LogP contribution is 2.55. The van der Waals surface area contributed by atoms with Crippen LogP contribution in [-0.4, -0.2) is 10.2 Å². The minimum Gasteiger partial charge on any atom is -0.508 e.